The number of aromatic nitrogens is 1. The lowest BCUT2D eigenvalue weighted by atomic mass is 10.1. The third-order valence-electron chi connectivity index (χ3n) is 3.04. The third kappa shape index (κ3) is 2.94. The molecule has 7 heteroatoms. The van der Waals surface area contributed by atoms with E-state index < -0.39 is 5.91 Å². The third-order valence-corrected chi connectivity index (χ3v) is 3.04. The van der Waals surface area contributed by atoms with Gasteiger partial charge in [-0.05, 0) is 13.0 Å². The van der Waals surface area contributed by atoms with E-state index in [1.165, 1.54) is 12.3 Å². The summed E-state index contributed by atoms with van der Waals surface area (Å²) >= 11 is 0. The molecule has 0 saturated carbocycles. The number of amides is 1. The molecule has 2 rings (SSSR count). The molecule has 0 spiro atoms. The monoisotopic (exact) mass is 266 g/mol. The van der Waals surface area contributed by atoms with Gasteiger partial charge in [-0.3, -0.25) is 4.79 Å². The van der Waals surface area contributed by atoms with E-state index >= 15 is 0 Å². The summed E-state index contributed by atoms with van der Waals surface area (Å²) in [6.07, 6.45) is 1.19. The van der Waals surface area contributed by atoms with Crippen molar-refractivity contribution in [1.29, 1.82) is 0 Å². The van der Waals surface area contributed by atoms with Crippen molar-refractivity contribution < 1.29 is 14.6 Å². The van der Waals surface area contributed by atoms with Crippen molar-refractivity contribution >= 4 is 17.4 Å². The van der Waals surface area contributed by atoms with Crippen molar-refractivity contribution in [3.63, 3.8) is 0 Å². The topological polar surface area (TPSA) is 115 Å². The molecule has 1 aliphatic rings. The molecule has 5 N–H and O–H groups in total. The van der Waals surface area contributed by atoms with E-state index in [0.717, 1.165) is 0 Å². The highest BCUT2D eigenvalue weighted by molar-refractivity contribution is 5.99. The minimum atomic E-state index is -0.552. The van der Waals surface area contributed by atoms with Crippen LogP contribution in [0.3, 0.4) is 0 Å². The van der Waals surface area contributed by atoms with E-state index in [-0.39, 0.29) is 24.6 Å². The van der Waals surface area contributed by atoms with Gasteiger partial charge in [0.15, 0.2) is 0 Å². The molecule has 2 unspecified atom stereocenters. The van der Waals surface area contributed by atoms with Gasteiger partial charge in [-0.1, -0.05) is 0 Å². The first-order valence-corrected chi connectivity index (χ1v) is 6.08. The van der Waals surface area contributed by atoms with Crippen molar-refractivity contribution in [1.82, 2.24) is 4.98 Å². The van der Waals surface area contributed by atoms with Crippen LogP contribution in [-0.2, 0) is 4.74 Å². The number of nitrogens with two attached hydrogens (primary N) is 2. The van der Waals surface area contributed by atoms with E-state index in [9.17, 15) is 9.90 Å². The highest BCUT2D eigenvalue weighted by Gasteiger charge is 2.27. The zero-order valence-corrected chi connectivity index (χ0v) is 10.7. The molecular formula is C12H18N4O3. The highest BCUT2D eigenvalue weighted by atomic mass is 16.5. The zero-order valence-electron chi connectivity index (χ0n) is 10.7. The number of primary amides is 1. The highest BCUT2D eigenvalue weighted by Crippen LogP contribution is 2.24. The standard InChI is InChI=1S/C12H18N4O3/c1-7-4-16(5-8(6-17)19-7)10-3-15-11(13)2-9(10)12(14)18/h2-3,7-8,17H,4-6H2,1H3,(H2,13,15)(H2,14,18). The first-order valence-electron chi connectivity index (χ1n) is 6.08. The molecule has 0 radical (unpaired) electrons. The van der Waals surface area contributed by atoms with Crippen molar-refractivity contribution in [2.75, 3.05) is 30.3 Å². The number of aliphatic hydroxyl groups is 1. The summed E-state index contributed by atoms with van der Waals surface area (Å²) in [7, 11) is 0. The predicted molar refractivity (Wildman–Crippen MR) is 70.8 cm³/mol. The number of ether oxygens (including phenoxy) is 1. The Morgan fingerprint density at radius 1 is 1.63 bits per heavy atom. The molecule has 104 valence electrons. The molecule has 1 fully saturated rings. The van der Waals surface area contributed by atoms with Crippen LogP contribution in [-0.4, -0.2) is 47.9 Å². The minimum absolute atomic E-state index is 0.0517. The molecule has 0 aliphatic carbocycles. The van der Waals surface area contributed by atoms with Gasteiger partial charge >= 0.3 is 0 Å². The first-order chi connectivity index (χ1) is 9.01. The lowest BCUT2D eigenvalue weighted by molar-refractivity contribution is -0.0421. The van der Waals surface area contributed by atoms with E-state index in [2.05, 4.69) is 4.98 Å². The molecular weight excluding hydrogens is 248 g/mol. The second-order valence-electron chi connectivity index (χ2n) is 4.65. The summed E-state index contributed by atoms with van der Waals surface area (Å²) in [4.78, 5) is 17.4. The van der Waals surface area contributed by atoms with Gasteiger partial charge in [0, 0.05) is 13.1 Å². The van der Waals surface area contributed by atoms with Crippen LogP contribution in [0.15, 0.2) is 12.3 Å². The van der Waals surface area contributed by atoms with Crippen LogP contribution in [0.5, 0.6) is 0 Å². The molecule has 1 saturated heterocycles. The summed E-state index contributed by atoms with van der Waals surface area (Å²) in [6.45, 7) is 2.91. The molecule has 0 aromatic carbocycles. The fourth-order valence-corrected chi connectivity index (χ4v) is 2.26. The number of carbonyl (C=O) groups excluding carboxylic acids is 1. The van der Waals surface area contributed by atoms with Gasteiger partial charge in [0.2, 0.25) is 0 Å². The normalized spacial score (nSPS) is 23.4. The summed E-state index contributed by atoms with van der Waals surface area (Å²) < 4.78 is 5.56. The number of nitrogen functional groups attached to an aromatic ring is 1. The van der Waals surface area contributed by atoms with E-state index in [1.54, 1.807) is 0 Å². The Hall–Kier alpha value is -1.86. The smallest absolute Gasteiger partial charge is 0.251 e. The summed E-state index contributed by atoms with van der Waals surface area (Å²) in [5, 5.41) is 9.22. The van der Waals surface area contributed by atoms with Crippen LogP contribution < -0.4 is 16.4 Å². The van der Waals surface area contributed by atoms with Crippen LogP contribution in [0.1, 0.15) is 17.3 Å². The molecule has 1 amide bonds. The lowest BCUT2D eigenvalue weighted by Crippen LogP contribution is -2.48. The average molecular weight is 266 g/mol. The van der Waals surface area contributed by atoms with Crippen LogP contribution in [0.2, 0.25) is 0 Å². The summed E-state index contributed by atoms with van der Waals surface area (Å²) in [6, 6.07) is 1.46. The molecule has 1 aromatic heterocycles. The fourth-order valence-electron chi connectivity index (χ4n) is 2.26. The van der Waals surface area contributed by atoms with Gasteiger partial charge in [-0.25, -0.2) is 4.98 Å². The Morgan fingerprint density at radius 2 is 2.37 bits per heavy atom. The number of rotatable bonds is 3. The second kappa shape index (κ2) is 5.41. The molecule has 1 aromatic rings. The molecule has 7 nitrogen and oxygen atoms in total. The van der Waals surface area contributed by atoms with Gasteiger partial charge in [0.1, 0.15) is 5.82 Å². The Kier molecular flexibility index (Phi) is 3.87. The second-order valence-corrected chi connectivity index (χ2v) is 4.65. The minimum Gasteiger partial charge on any atom is -0.394 e. The maximum atomic E-state index is 11.5. The Balaban J connectivity index is 2.32. The number of anilines is 2. The number of hydrogen-bond acceptors (Lipinski definition) is 6. The average Bonchev–Trinajstić information content (AvgIpc) is 2.37. The quantitative estimate of drug-likeness (QED) is 0.669. The van der Waals surface area contributed by atoms with Gasteiger partial charge in [-0.2, -0.15) is 0 Å². The summed E-state index contributed by atoms with van der Waals surface area (Å²) in [5.74, 6) is -0.304. The first kappa shape index (κ1) is 13.6. The summed E-state index contributed by atoms with van der Waals surface area (Å²) in [5.41, 5.74) is 11.9. The number of pyridine rings is 1. The van der Waals surface area contributed by atoms with Crippen LogP contribution in [0.25, 0.3) is 0 Å². The van der Waals surface area contributed by atoms with E-state index in [4.69, 9.17) is 16.2 Å². The van der Waals surface area contributed by atoms with Gasteiger partial charge in [0.05, 0.1) is 36.3 Å². The number of aliphatic hydroxyl groups excluding tert-OH is 1. The van der Waals surface area contributed by atoms with Crippen molar-refractivity contribution in [3.05, 3.63) is 17.8 Å². The Morgan fingerprint density at radius 3 is 3.00 bits per heavy atom. The maximum Gasteiger partial charge on any atom is 0.251 e. The van der Waals surface area contributed by atoms with E-state index in [1.807, 2.05) is 11.8 Å². The molecule has 2 heterocycles. The SMILES string of the molecule is CC1CN(c2cnc(N)cc2C(N)=O)CC(CO)O1. The predicted octanol–water partition coefficient (Wildman–Crippen LogP) is -0.651. The van der Waals surface area contributed by atoms with Crippen molar-refractivity contribution in [2.45, 2.75) is 19.1 Å². The van der Waals surface area contributed by atoms with Crippen LogP contribution in [0.4, 0.5) is 11.5 Å². The van der Waals surface area contributed by atoms with Gasteiger partial charge in [-0.15, -0.1) is 0 Å². The van der Waals surface area contributed by atoms with Gasteiger partial charge in [0.25, 0.3) is 5.91 Å². The van der Waals surface area contributed by atoms with Crippen LogP contribution in [0, 0.1) is 0 Å². The van der Waals surface area contributed by atoms with Crippen molar-refractivity contribution in [2.24, 2.45) is 5.73 Å². The molecule has 1 aliphatic heterocycles. The Bertz CT molecular complexity index is 480. The lowest BCUT2D eigenvalue weighted by Gasteiger charge is -2.37. The number of nitrogens with zero attached hydrogens (tertiary/aromatic N) is 2. The fraction of sp³-hybridized carbons (Fsp3) is 0.500. The molecule has 19 heavy (non-hydrogen) atoms. The molecule has 0 bridgehead atoms. The number of carbonyl (C=O) groups is 1. The Labute approximate surface area is 111 Å². The van der Waals surface area contributed by atoms with E-state index in [0.29, 0.717) is 24.3 Å². The number of hydrogen-bond donors (Lipinski definition) is 3. The number of morpholine rings is 1. The van der Waals surface area contributed by atoms with Crippen molar-refractivity contribution in [3.8, 4) is 0 Å². The van der Waals surface area contributed by atoms with Crippen LogP contribution >= 0.6 is 0 Å². The maximum absolute atomic E-state index is 11.5. The zero-order chi connectivity index (χ0) is 14.0. The molecule has 2 atom stereocenters. The van der Waals surface area contributed by atoms with Gasteiger partial charge < -0.3 is 26.2 Å². The largest absolute Gasteiger partial charge is 0.394 e.